The predicted octanol–water partition coefficient (Wildman–Crippen LogP) is 4.61. The van der Waals surface area contributed by atoms with E-state index < -0.39 is 6.17 Å². The fourth-order valence-corrected chi connectivity index (χ4v) is 9.02. The molecule has 1 aromatic heterocycles. The zero-order valence-electron chi connectivity index (χ0n) is 21.0. The number of halogens is 1. The molecule has 2 N–H and O–H groups in total. The molecule has 8 atom stereocenters. The maximum absolute atomic E-state index is 14.8. The molecule has 4 aliphatic rings. The number of alkyl halides is 1. The van der Waals surface area contributed by atoms with E-state index >= 15 is 0 Å². The van der Waals surface area contributed by atoms with Crippen LogP contribution in [0.5, 0.6) is 0 Å². The Labute approximate surface area is 206 Å². The topological polar surface area (TPSA) is 78.1 Å². The number of hydrogen-bond donors (Lipinski definition) is 2. The summed E-state index contributed by atoms with van der Waals surface area (Å²) >= 11 is 0. The Kier molecular flexibility index (Phi) is 5.28. The van der Waals surface area contributed by atoms with Crippen LogP contribution >= 0.6 is 0 Å². The number of carbonyl (C=O) groups excluding carboxylic acids is 2. The highest BCUT2D eigenvalue weighted by Crippen LogP contribution is 2.66. The summed E-state index contributed by atoms with van der Waals surface area (Å²) in [7, 11) is 1.79. The van der Waals surface area contributed by atoms with Crippen LogP contribution in [0, 0.1) is 34.5 Å². The Morgan fingerprint density at radius 1 is 1.14 bits per heavy atom. The lowest BCUT2D eigenvalue weighted by molar-refractivity contribution is -0.169. The van der Waals surface area contributed by atoms with Gasteiger partial charge in [0.05, 0.1) is 17.6 Å². The Balaban J connectivity index is 1.17. The van der Waals surface area contributed by atoms with Crippen molar-refractivity contribution >= 4 is 22.8 Å². The van der Waals surface area contributed by atoms with Gasteiger partial charge >= 0.3 is 0 Å². The molecule has 3 saturated carbocycles. The van der Waals surface area contributed by atoms with Gasteiger partial charge in [0, 0.05) is 19.0 Å². The van der Waals surface area contributed by atoms with Crippen LogP contribution in [0.2, 0.25) is 0 Å². The standard InChI is InChI=1S/C28H37FN4O2/c1-27-13-12-18-16(8-11-23-28(18,2)14-20(29)26(35)33(23)3)17(27)9-10-19(27)25(34)30-15-24-31-21-6-4-5-7-22(21)32-24/h4-7,16-20,23H,8-15H2,1-3H3,(H,30,34)(H,31,32)/t16-,17-,18+,19?,20?,23?,27-,28+/m0/s1. The van der Waals surface area contributed by atoms with E-state index in [0.717, 1.165) is 55.4 Å². The Morgan fingerprint density at radius 3 is 2.71 bits per heavy atom. The number of H-pyrrole nitrogens is 1. The fraction of sp³-hybridized carbons (Fsp3) is 0.679. The molecule has 0 bridgehead atoms. The molecular weight excluding hydrogens is 443 g/mol. The predicted molar refractivity (Wildman–Crippen MR) is 132 cm³/mol. The van der Waals surface area contributed by atoms with Crippen molar-refractivity contribution in [2.75, 3.05) is 7.05 Å². The number of benzene rings is 1. The van der Waals surface area contributed by atoms with Crippen LogP contribution in [0.3, 0.4) is 0 Å². The molecule has 4 fully saturated rings. The van der Waals surface area contributed by atoms with E-state index in [1.165, 1.54) is 0 Å². The smallest absolute Gasteiger partial charge is 0.257 e. The van der Waals surface area contributed by atoms with E-state index in [-0.39, 0.29) is 34.6 Å². The Hall–Kier alpha value is -2.44. The first-order valence-electron chi connectivity index (χ1n) is 13.3. The van der Waals surface area contributed by atoms with Gasteiger partial charge in [0.25, 0.3) is 5.91 Å². The van der Waals surface area contributed by atoms with Gasteiger partial charge in [0.2, 0.25) is 5.91 Å². The number of para-hydroxylation sites is 2. The van der Waals surface area contributed by atoms with Gasteiger partial charge in [-0.25, -0.2) is 9.37 Å². The molecule has 2 aromatic rings. The molecule has 3 aliphatic carbocycles. The minimum Gasteiger partial charge on any atom is -0.349 e. The van der Waals surface area contributed by atoms with Crippen LogP contribution in [0.4, 0.5) is 4.39 Å². The monoisotopic (exact) mass is 480 g/mol. The van der Waals surface area contributed by atoms with Crippen LogP contribution in [0.1, 0.15) is 64.6 Å². The largest absolute Gasteiger partial charge is 0.349 e. The molecule has 1 aliphatic heterocycles. The number of imidazole rings is 1. The number of nitrogens with one attached hydrogen (secondary N) is 2. The molecule has 6 nitrogen and oxygen atoms in total. The van der Waals surface area contributed by atoms with Crippen LogP contribution in [-0.4, -0.2) is 45.9 Å². The third-order valence-corrected chi connectivity index (χ3v) is 10.7. The summed E-state index contributed by atoms with van der Waals surface area (Å²) in [4.78, 5) is 35.4. The van der Waals surface area contributed by atoms with Gasteiger partial charge in [-0.1, -0.05) is 26.0 Å². The fourth-order valence-electron chi connectivity index (χ4n) is 9.02. The number of likely N-dealkylation sites (tertiary alicyclic amines) is 1. The van der Waals surface area contributed by atoms with Crippen molar-refractivity contribution in [2.45, 2.75) is 77.6 Å². The molecule has 3 unspecified atom stereocenters. The molecule has 0 spiro atoms. The summed E-state index contributed by atoms with van der Waals surface area (Å²) in [6.07, 6.45) is 5.00. The number of aromatic amines is 1. The van der Waals surface area contributed by atoms with E-state index in [2.05, 4.69) is 29.1 Å². The van der Waals surface area contributed by atoms with E-state index in [9.17, 15) is 14.0 Å². The van der Waals surface area contributed by atoms with Crippen molar-refractivity contribution in [1.82, 2.24) is 20.2 Å². The Morgan fingerprint density at radius 2 is 1.91 bits per heavy atom. The lowest BCUT2D eigenvalue weighted by atomic mass is 9.46. The minimum atomic E-state index is -1.38. The van der Waals surface area contributed by atoms with Crippen molar-refractivity contribution < 1.29 is 14.0 Å². The normalized spacial score (nSPS) is 40.8. The first kappa shape index (κ1) is 23.0. The number of amides is 2. The van der Waals surface area contributed by atoms with Gasteiger partial charge in [-0.3, -0.25) is 9.59 Å². The number of hydrogen-bond acceptors (Lipinski definition) is 3. The average molecular weight is 481 g/mol. The molecule has 1 aromatic carbocycles. The Bertz CT molecular complexity index is 1130. The summed E-state index contributed by atoms with van der Waals surface area (Å²) in [6, 6.07) is 8.04. The molecular formula is C28H37FN4O2. The first-order chi connectivity index (χ1) is 16.7. The lowest BCUT2D eigenvalue weighted by Gasteiger charge is -2.62. The van der Waals surface area contributed by atoms with Crippen molar-refractivity contribution in [2.24, 2.45) is 34.5 Å². The number of piperidine rings is 1. The first-order valence-corrected chi connectivity index (χ1v) is 13.3. The highest BCUT2D eigenvalue weighted by Gasteiger charge is 2.63. The van der Waals surface area contributed by atoms with Gasteiger partial charge in [-0.05, 0) is 85.7 Å². The van der Waals surface area contributed by atoms with Gasteiger partial charge in [0.1, 0.15) is 5.82 Å². The second-order valence-electron chi connectivity index (χ2n) is 12.2. The van der Waals surface area contributed by atoms with Crippen LogP contribution in [0.15, 0.2) is 24.3 Å². The summed E-state index contributed by atoms with van der Waals surface area (Å²) < 4.78 is 14.8. The van der Waals surface area contributed by atoms with E-state index in [1.54, 1.807) is 11.9 Å². The molecule has 2 heterocycles. The number of rotatable bonds is 3. The van der Waals surface area contributed by atoms with Gasteiger partial charge in [0.15, 0.2) is 6.17 Å². The second-order valence-corrected chi connectivity index (χ2v) is 12.2. The number of carbonyl (C=O) groups is 2. The summed E-state index contributed by atoms with van der Waals surface area (Å²) in [5, 5.41) is 3.17. The van der Waals surface area contributed by atoms with Crippen molar-refractivity contribution in [3.05, 3.63) is 30.1 Å². The van der Waals surface area contributed by atoms with Gasteiger partial charge in [-0.2, -0.15) is 0 Å². The van der Waals surface area contributed by atoms with E-state index in [1.807, 2.05) is 24.3 Å². The van der Waals surface area contributed by atoms with Gasteiger partial charge in [-0.15, -0.1) is 0 Å². The number of fused-ring (bicyclic) bond motifs is 6. The highest BCUT2D eigenvalue weighted by molar-refractivity contribution is 5.82. The van der Waals surface area contributed by atoms with Crippen LogP contribution in [-0.2, 0) is 16.1 Å². The van der Waals surface area contributed by atoms with Crippen LogP contribution in [0.25, 0.3) is 11.0 Å². The third kappa shape index (κ3) is 3.36. The van der Waals surface area contributed by atoms with Crippen molar-refractivity contribution in [3.63, 3.8) is 0 Å². The van der Waals surface area contributed by atoms with E-state index in [0.29, 0.717) is 30.7 Å². The summed E-state index contributed by atoms with van der Waals surface area (Å²) in [5.41, 5.74) is 1.71. The lowest BCUT2D eigenvalue weighted by Crippen LogP contribution is -2.64. The average Bonchev–Trinajstić information content (AvgIpc) is 3.41. The van der Waals surface area contributed by atoms with Crippen LogP contribution < -0.4 is 5.32 Å². The molecule has 6 rings (SSSR count). The molecule has 35 heavy (non-hydrogen) atoms. The number of aromatic nitrogens is 2. The SMILES string of the molecule is CN1C(=O)C(F)C[C@@]2(C)C1CC[C@@H]1[C@H]2CC[C@]2(C)C(C(=O)NCc3nc4ccccc4[nH]3)CC[C@@H]12. The zero-order chi connectivity index (χ0) is 24.5. The minimum absolute atomic E-state index is 0.00730. The van der Waals surface area contributed by atoms with Crippen molar-refractivity contribution in [1.29, 1.82) is 0 Å². The summed E-state index contributed by atoms with van der Waals surface area (Å²) in [5.74, 6) is 2.01. The maximum Gasteiger partial charge on any atom is 0.257 e. The van der Waals surface area contributed by atoms with Gasteiger partial charge < -0.3 is 15.2 Å². The molecule has 188 valence electrons. The molecule has 7 heteroatoms. The molecule has 1 saturated heterocycles. The third-order valence-electron chi connectivity index (χ3n) is 10.7. The zero-order valence-corrected chi connectivity index (χ0v) is 21.0. The maximum atomic E-state index is 14.8. The van der Waals surface area contributed by atoms with Crippen molar-refractivity contribution in [3.8, 4) is 0 Å². The molecule has 0 radical (unpaired) electrons. The molecule has 2 amide bonds. The second kappa shape index (κ2) is 8.04. The highest BCUT2D eigenvalue weighted by atomic mass is 19.1. The van der Waals surface area contributed by atoms with E-state index in [4.69, 9.17) is 0 Å². The number of nitrogens with zero attached hydrogens (tertiary/aromatic N) is 2. The summed E-state index contributed by atoms with van der Waals surface area (Å²) in [6.45, 7) is 4.98. The quantitative estimate of drug-likeness (QED) is 0.674.